The fourth-order valence-electron chi connectivity index (χ4n) is 12.3. The predicted octanol–water partition coefficient (Wildman–Crippen LogP) is 17.4. The van der Waals surface area contributed by atoms with Crippen molar-refractivity contribution in [1.29, 1.82) is 0 Å². The largest absolute Gasteiger partial charge is 0.454 e. The number of fused-ring (bicyclic) bond motifs is 19. The summed E-state index contributed by atoms with van der Waals surface area (Å²) in [6.07, 6.45) is 0. The Balaban J connectivity index is 0.982. The molecule has 14 rings (SSSR count). The number of rotatable bonds is 3. The average Bonchev–Trinajstić information content (AvgIpc) is 3.91. The van der Waals surface area contributed by atoms with Crippen molar-refractivity contribution < 1.29 is 4.42 Å². The maximum Gasteiger partial charge on any atom is 0.159 e. The van der Waals surface area contributed by atoms with E-state index in [1.807, 2.05) is 0 Å². The number of nitrogens with zero attached hydrogens (tertiary/aromatic N) is 1. The molecule has 0 atom stereocenters. The molecule has 64 heavy (non-hydrogen) atoms. The maximum atomic E-state index is 6.79. The molecule has 2 heteroatoms. The average molecular weight is 818 g/mol. The van der Waals surface area contributed by atoms with E-state index in [9.17, 15) is 0 Å². The maximum absolute atomic E-state index is 6.79. The van der Waals surface area contributed by atoms with Gasteiger partial charge in [-0.3, -0.25) is 0 Å². The molecule has 0 unspecified atom stereocenters. The molecular weight excluding hydrogens is 775 g/mol. The highest BCUT2D eigenvalue weighted by molar-refractivity contribution is 6.20. The molecule has 2 nitrogen and oxygen atoms in total. The predicted molar refractivity (Wildman–Crippen MR) is 271 cm³/mol. The van der Waals surface area contributed by atoms with Crippen molar-refractivity contribution in [2.45, 2.75) is 38.5 Å². The first-order valence-electron chi connectivity index (χ1n) is 22.6. The summed E-state index contributed by atoms with van der Waals surface area (Å²) in [6, 6.07) is 70.1. The van der Waals surface area contributed by atoms with Crippen molar-refractivity contribution in [3.63, 3.8) is 0 Å². The summed E-state index contributed by atoms with van der Waals surface area (Å²) in [6.45, 7) is 9.64. The summed E-state index contributed by atoms with van der Waals surface area (Å²) >= 11 is 0. The normalized spacial score (nSPS) is 14.5. The lowest BCUT2D eigenvalue weighted by Crippen LogP contribution is -2.16. The molecule has 0 radical (unpaired) electrons. The number of hydrogen-bond acceptors (Lipinski definition) is 2. The van der Waals surface area contributed by atoms with E-state index in [1.165, 1.54) is 98.4 Å². The van der Waals surface area contributed by atoms with Crippen molar-refractivity contribution >= 4 is 92.9 Å². The second-order valence-electron chi connectivity index (χ2n) is 19.2. The molecule has 1 heterocycles. The Hall–Kier alpha value is -7.68. The van der Waals surface area contributed by atoms with Gasteiger partial charge >= 0.3 is 0 Å². The van der Waals surface area contributed by atoms with E-state index >= 15 is 0 Å². The van der Waals surface area contributed by atoms with Crippen LogP contribution in [0.1, 0.15) is 49.9 Å². The first-order chi connectivity index (χ1) is 31.3. The van der Waals surface area contributed by atoms with Gasteiger partial charge in [0, 0.05) is 33.0 Å². The first kappa shape index (κ1) is 35.9. The molecule has 12 aromatic rings. The summed E-state index contributed by atoms with van der Waals surface area (Å²) in [7, 11) is 0. The van der Waals surface area contributed by atoms with Crippen molar-refractivity contribution in [3.8, 4) is 22.3 Å². The van der Waals surface area contributed by atoms with Crippen LogP contribution in [-0.4, -0.2) is 0 Å². The van der Waals surface area contributed by atoms with Gasteiger partial charge in [0.2, 0.25) is 0 Å². The minimum absolute atomic E-state index is 0.153. The first-order valence-corrected chi connectivity index (χ1v) is 22.6. The van der Waals surface area contributed by atoms with Crippen LogP contribution in [0.4, 0.5) is 17.1 Å². The van der Waals surface area contributed by atoms with E-state index < -0.39 is 0 Å². The summed E-state index contributed by atoms with van der Waals surface area (Å²) < 4.78 is 6.79. The van der Waals surface area contributed by atoms with Crippen LogP contribution in [0.15, 0.2) is 192 Å². The molecule has 2 aliphatic carbocycles. The molecule has 302 valence electrons. The van der Waals surface area contributed by atoms with Crippen LogP contribution in [0.25, 0.3) is 98.1 Å². The molecule has 0 spiro atoms. The molecule has 0 saturated carbocycles. The zero-order valence-electron chi connectivity index (χ0n) is 36.3. The van der Waals surface area contributed by atoms with Crippen molar-refractivity contribution in [1.82, 2.24) is 0 Å². The number of hydrogen-bond donors (Lipinski definition) is 0. The minimum Gasteiger partial charge on any atom is -0.454 e. The number of para-hydroxylation sites is 2. The highest BCUT2D eigenvalue weighted by atomic mass is 16.3. The Bertz CT molecular complexity index is 4030. The molecule has 0 bridgehead atoms. The van der Waals surface area contributed by atoms with E-state index in [2.05, 4.69) is 221 Å². The third-order valence-corrected chi connectivity index (χ3v) is 15.1. The summed E-state index contributed by atoms with van der Waals surface area (Å²) in [5.74, 6) is 0. The van der Waals surface area contributed by atoms with Crippen LogP contribution in [0.5, 0.6) is 0 Å². The highest BCUT2D eigenvalue weighted by Crippen LogP contribution is 2.57. The van der Waals surface area contributed by atoms with Gasteiger partial charge in [-0.05, 0) is 147 Å². The van der Waals surface area contributed by atoms with Crippen LogP contribution in [0.3, 0.4) is 0 Å². The lowest BCUT2D eigenvalue weighted by molar-refractivity contribution is 0.667. The van der Waals surface area contributed by atoms with Crippen LogP contribution in [-0.2, 0) is 10.8 Å². The molecule has 0 aliphatic heterocycles. The van der Waals surface area contributed by atoms with E-state index in [0.29, 0.717) is 0 Å². The lowest BCUT2D eigenvalue weighted by Gasteiger charge is -2.28. The van der Waals surface area contributed by atoms with Gasteiger partial charge in [-0.1, -0.05) is 167 Å². The quantitative estimate of drug-likeness (QED) is 0.165. The Morgan fingerprint density at radius 2 is 0.953 bits per heavy atom. The van der Waals surface area contributed by atoms with Crippen LogP contribution in [0, 0.1) is 0 Å². The van der Waals surface area contributed by atoms with Crippen molar-refractivity contribution in [2.75, 3.05) is 4.90 Å². The third-order valence-electron chi connectivity index (χ3n) is 15.1. The van der Waals surface area contributed by atoms with E-state index in [-0.39, 0.29) is 10.8 Å². The smallest absolute Gasteiger partial charge is 0.159 e. The Morgan fingerprint density at radius 3 is 1.78 bits per heavy atom. The molecule has 11 aromatic carbocycles. The second-order valence-corrected chi connectivity index (χ2v) is 19.2. The second kappa shape index (κ2) is 12.5. The summed E-state index contributed by atoms with van der Waals surface area (Å²) in [5.41, 5.74) is 15.6. The molecule has 1 aromatic heterocycles. The van der Waals surface area contributed by atoms with Crippen molar-refractivity contribution in [2.24, 2.45) is 0 Å². The molecule has 0 N–H and O–H groups in total. The molecule has 0 amide bonds. The van der Waals surface area contributed by atoms with Gasteiger partial charge in [0.25, 0.3) is 0 Å². The van der Waals surface area contributed by atoms with Crippen LogP contribution >= 0.6 is 0 Å². The Kier molecular flexibility index (Phi) is 7.00. The van der Waals surface area contributed by atoms with Gasteiger partial charge in [-0.25, -0.2) is 0 Å². The number of benzene rings is 11. The van der Waals surface area contributed by atoms with Gasteiger partial charge in [0.15, 0.2) is 5.58 Å². The SMILES string of the molecule is CC1(C)c2cc3cc(N(c4ccc5c6c(ccc5c4)-c4c(c5ccccc5c5ccccc45)C6(C)C)c4cccc5c4oc4ccccc45)ccc3cc2-c2ccc3ccccc3c21. The fraction of sp³-hybridized carbons (Fsp3) is 0.0968. The Labute approximate surface area is 371 Å². The lowest BCUT2D eigenvalue weighted by atomic mass is 9.78. The topological polar surface area (TPSA) is 16.4 Å². The standard InChI is InChI=1S/C62H43NO/c1-61(2)53-35-39-33-40(27-24-37(39)34-52(53)49-29-25-36-14-5-6-15-42(36)57(49)61)63(54-22-13-21-50-46-18-11-12-23-55(46)64-60(50)54)41-28-31-43-38(32-41)26-30-51-56-47-19-9-7-16-44(47)45-17-8-10-20-48(45)59(56)62(3,4)58(43)51/h5-35H,1-4H3. The molecule has 0 saturated heterocycles. The summed E-state index contributed by atoms with van der Waals surface area (Å²) in [4.78, 5) is 2.42. The van der Waals surface area contributed by atoms with Gasteiger partial charge in [0.1, 0.15) is 5.58 Å². The fourth-order valence-corrected chi connectivity index (χ4v) is 12.3. The third kappa shape index (κ3) is 4.65. The monoisotopic (exact) mass is 817 g/mol. The van der Waals surface area contributed by atoms with Gasteiger partial charge in [-0.15, -0.1) is 0 Å². The van der Waals surface area contributed by atoms with E-state index in [1.54, 1.807) is 0 Å². The number of anilines is 3. The molecule has 0 fully saturated rings. The zero-order chi connectivity index (χ0) is 42.6. The van der Waals surface area contributed by atoms with Gasteiger partial charge in [0.05, 0.1) is 5.69 Å². The van der Waals surface area contributed by atoms with E-state index in [0.717, 1.165) is 39.0 Å². The Morgan fingerprint density at radius 1 is 0.359 bits per heavy atom. The molecular formula is C62H43NO. The van der Waals surface area contributed by atoms with Gasteiger partial charge < -0.3 is 9.32 Å². The minimum atomic E-state index is -0.215. The molecule has 2 aliphatic rings. The zero-order valence-corrected chi connectivity index (χ0v) is 36.3. The van der Waals surface area contributed by atoms with Crippen LogP contribution < -0.4 is 4.90 Å². The van der Waals surface area contributed by atoms with Crippen molar-refractivity contribution in [3.05, 3.63) is 210 Å². The van der Waals surface area contributed by atoms with Crippen LogP contribution in [0.2, 0.25) is 0 Å². The highest BCUT2D eigenvalue weighted by Gasteiger charge is 2.40. The summed E-state index contributed by atoms with van der Waals surface area (Å²) in [5, 5.41) is 15.1. The van der Waals surface area contributed by atoms with E-state index in [4.69, 9.17) is 4.42 Å². The number of furan rings is 1. The van der Waals surface area contributed by atoms with Gasteiger partial charge in [-0.2, -0.15) is 0 Å².